The third-order valence-corrected chi connectivity index (χ3v) is 3.36. The maximum absolute atomic E-state index is 13.5. The summed E-state index contributed by atoms with van der Waals surface area (Å²) in [5.41, 5.74) is 6.81. The van der Waals surface area contributed by atoms with Crippen molar-refractivity contribution >= 4 is 17.6 Å². The van der Waals surface area contributed by atoms with Crippen molar-refractivity contribution in [1.82, 2.24) is 5.32 Å². The summed E-state index contributed by atoms with van der Waals surface area (Å²) in [5, 5.41) is 4.99. The van der Waals surface area contributed by atoms with Crippen LogP contribution >= 0.6 is 0 Å². The second kappa shape index (κ2) is 7.40. The molecule has 2 rings (SSSR count). The summed E-state index contributed by atoms with van der Waals surface area (Å²) in [6, 6.07) is 12.0. The predicted molar refractivity (Wildman–Crippen MR) is 86.4 cm³/mol. The van der Waals surface area contributed by atoms with E-state index < -0.39 is 23.8 Å². The lowest BCUT2D eigenvalue weighted by molar-refractivity contribution is -0.117. The Morgan fingerprint density at radius 3 is 2.48 bits per heavy atom. The average Bonchev–Trinajstić information content (AvgIpc) is 2.51. The van der Waals surface area contributed by atoms with Crippen LogP contribution in [0.5, 0.6) is 0 Å². The monoisotopic (exact) mass is 315 g/mol. The summed E-state index contributed by atoms with van der Waals surface area (Å²) in [5.74, 6) is -0.874. The highest BCUT2D eigenvalue weighted by atomic mass is 19.1. The SMILES string of the molecule is Cc1ccc(NC(=O)C(Cc2ccccc2)NC(N)=O)cc1F. The predicted octanol–water partition coefficient (Wildman–Crippen LogP) is 2.35. The molecule has 0 aliphatic carbocycles. The van der Waals surface area contributed by atoms with Crippen molar-refractivity contribution in [3.8, 4) is 0 Å². The van der Waals surface area contributed by atoms with Crippen LogP contribution in [0.15, 0.2) is 48.5 Å². The van der Waals surface area contributed by atoms with E-state index in [-0.39, 0.29) is 6.42 Å². The number of nitrogens with one attached hydrogen (secondary N) is 2. The van der Waals surface area contributed by atoms with Crippen molar-refractivity contribution in [2.45, 2.75) is 19.4 Å². The third-order valence-electron chi connectivity index (χ3n) is 3.36. The van der Waals surface area contributed by atoms with Crippen LogP contribution in [-0.2, 0) is 11.2 Å². The lowest BCUT2D eigenvalue weighted by Crippen LogP contribution is -2.47. The Balaban J connectivity index is 2.12. The zero-order valence-corrected chi connectivity index (χ0v) is 12.7. The van der Waals surface area contributed by atoms with Gasteiger partial charge in [0.2, 0.25) is 5.91 Å². The standard InChI is InChI=1S/C17H18FN3O2/c1-11-7-8-13(10-14(11)18)20-16(22)15(21-17(19)23)9-12-5-3-2-4-6-12/h2-8,10,15H,9H2,1H3,(H,20,22)(H3,19,21,23). The first kappa shape index (κ1) is 16.5. The minimum absolute atomic E-state index is 0.282. The van der Waals surface area contributed by atoms with E-state index in [4.69, 9.17) is 5.73 Å². The number of amides is 3. The largest absolute Gasteiger partial charge is 0.352 e. The number of nitrogens with two attached hydrogens (primary N) is 1. The molecule has 1 atom stereocenters. The summed E-state index contributed by atoms with van der Waals surface area (Å²) >= 11 is 0. The first-order valence-electron chi connectivity index (χ1n) is 7.12. The Kier molecular flexibility index (Phi) is 5.30. The van der Waals surface area contributed by atoms with Crippen molar-refractivity contribution in [2.75, 3.05) is 5.32 Å². The summed E-state index contributed by atoms with van der Waals surface area (Å²) in [6.45, 7) is 1.63. The maximum atomic E-state index is 13.5. The van der Waals surface area contributed by atoms with Gasteiger partial charge < -0.3 is 16.4 Å². The topological polar surface area (TPSA) is 84.2 Å². The lowest BCUT2D eigenvalue weighted by Gasteiger charge is -2.17. The number of hydrogen-bond donors (Lipinski definition) is 3. The molecule has 2 aromatic carbocycles. The number of anilines is 1. The van der Waals surface area contributed by atoms with Crippen molar-refractivity contribution in [3.05, 3.63) is 65.5 Å². The van der Waals surface area contributed by atoms with Crippen LogP contribution in [0.1, 0.15) is 11.1 Å². The fourth-order valence-corrected chi connectivity index (χ4v) is 2.13. The molecule has 3 amide bonds. The maximum Gasteiger partial charge on any atom is 0.312 e. The molecular formula is C17H18FN3O2. The first-order chi connectivity index (χ1) is 11.0. The highest BCUT2D eigenvalue weighted by Crippen LogP contribution is 2.14. The summed E-state index contributed by atoms with van der Waals surface area (Å²) in [7, 11) is 0. The van der Waals surface area contributed by atoms with Crippen LogP contribution in [0, 0.1) is 12.7 Å². The van der Waals surface area contributed by atoms with Crippen LogP contribution in [0.25, 0.3) is 0 Å². The van der Waals surface area contributed by atoms with Crippen molar-refractivity contribution in [1.29, 1.82) is 0 Å². The van der Waals surface area contributed by atoms with E-state index in [9.17, 15) is 14.0 Å². The molecule has 120 valence electrons. The van der Waals surface area contributed by atoms with Crippen molar-refractivity contribution in [2.24, 2.45) is 5.73 Å². The second-order valence-corrected chi connectivity index (χ2v) is 5.20. The van der Waals surface area contributed by atoms with Crippen LogP contribution < -0.4 is 16.4 Å². The van der Waals surface area contributed by atoms with E-state index in [1.807, 2.05) is 30.3 Å². The number of urea groups is 1. The van der Waals surface area contributed by atoms with Gasteiger partial charge in [0, 0.05) is 12.1 Å². The second-order valence-electron chi connectivity index (χ2n) is 5.20. The van der Waals surface area contributed by atoms with Crippen molar-refractivity contribution in [3.63, 3.8) is 0 Å². The fraction of sp³-hybridized carbons (Fsp3) is 0.176. The van der Waals surface area contributed by atoms with Gasteiger partial charge >= 0.3 is 6.03 Å². The summed E-state index contributed by atoms with van der Waals surface area (Å²) in [6.07, 6.45) is 0.282. The molecule has 0 saturated carbocycles. The molecule has 0 aromatic heterocycles. The normalized spacial score (nSPS) is 11.6. The number of primary amides is 1. The van der Waals surface area contributed by atoms with Gasteiger partial charge in [0.05, 0.1) is 0 Å². The highest BCUT2D eigenvalue weighted by Gasteiger charge is 2.20. The third kappa shape index (κ3) is 4.81. The van der Waals surface area contributed by atoms with E-state index in [2.05, 4.69) is 10.6 Å². The quantitative estimate of drug-likeness (QED) is 0.791. The molecule has 0 saturated heterocycles. The number of benzene rings is 2. The van der Waals surface area contributed by atoms with E-state index in [1.54, 1.807) is 19.1 Å². The van der Waals surface area contributed by atoms with E-state index in [0.717, 1.165) is 5.56 Å². The van der Waals surface area contributed by atoms with Gasteiger partial charge in [0.1, 0.15) is 11.9 Å². The van der Waals surface area contributed by atoms with Crippen LogP contribution in [0.2, 0.25) is 0 Å². The molecule has 0 spiro atoms. The number of rotatable bonds is 5. The van der Waals surface area contributed by atoms with Gasteiger partial charge in [-0.05, 0) is 30.2 Å². The average molecular weight is 315 g/mol. The minimum atomic E-state index is -0.848. The molecule has 0 heterocycles. The molecular weight excluding hydrogens is 297 g/mol. The number of carbonyl (C=O) groups is 2. The molecule has 0 aliphatic heterocycles. The molecule has 0 aliphatic rings. The number of hydrogen-bond acceptors (Lipinski definition) is 2. The molecule has 5 nitrogen and oxygen atoms in total. The Bertz CT molecular complexity index is 704. The molecule has 6 heteroatoms. The van der Waals surface area contributed by atoms with Gasteiger partial charge in [-0.3, -0.25) is 4.79 Å². The smallest absolute Gasteiger partial charge is 0.312 e. The zero-order valence-electron chi connectivity index (χ0n) is 12.7. The molecule has 1 unspecified atom stereocenters. The fourth-order valence-electron chi connectivity index (χ4n) is 2.13. The molecule has 0 fully saturated rings. The first-order valence-corrected chi connectivity index (χ1v) is 7.12. The number of carbonyl (C=O) groups excluding carboxylic acids is 2. The summed E-state index contributed by atoms with van der Waals surface area (Å²) < 4.78 is 13.5. The Morgan fingerprint density at radius 1 is 1.17 bits per heavy atom. The van der Waals surface area contributed by atoms with Gasteiger partial charge in [0.25, 0.3) is 0 Å². The van der Waals surface area contributed by atoms with E-state index in [0.29, 0.717) is 11.3 Å². The van der Waals surface area contributed by atoms with Gasteiger partial charge in [-0.15, -0.1) is 0 Å². The molecule has 0 bridgehead atoms. The van der Waals surface area contributed by atoms with Gasteiger partial charge in [-0.2, -0.15) is 0 Å². The van der Waals surface area contributed by atoms with Crippen molar-refractivity contribution < 1.29 is 14.0 Å². The molecule has 4 N–H and O–H groups in total. The van der Waals surface area contributed by atoms with Crippen LogP contribution in [0.4, 0.5) is 14.9 Å². The van der Waals surface area contributed by atoms with E-state index in [1.165, 1.54) is 6.07 Å². The minimum Gasteiger partial charge on any atom is -0.352 e. The van der Waals surface area contributed by atoms with Gasteiger partial charge in [-0.1, -0.05) is 36.4 Å². The molecule has 2 aromatic rings. The van der Waals surface area contributed by atoms with Crippen LogP contribution in [0.3, 0.4) is 0 Å². The Labute approximate surface area is 133 Å². The van der Waals surface area contributed by atoms with Crippen LogP contribution in [-0.4, -0.2) is 18.0 Å². The highest BCUT2D eigenvalue weighted by molar-refractivity contribution is 5.97. The summed E-state index contributed by atoms with van der Waals surface area (Å²) in [4.78, 5) is 23.5. The molecule has 0 radical (unpaired) electrons. The molecule has 23 heavy (non-hydrogen) atoms. The van der Waals surface area contributed by atoms with E-state index >= 15 is 0 Å². The zero-order chi connectivity index (χ0) is 16.8. The van der Waals surface area contributed by atoms with Gasteiger partial charge in [0.15, 0.2) is 0 Å². The Hall–Kier alpha value is -2.89. The lowest BCUT2D eigenvalue weighted by atomic mass is 10.1. The number of halogens is 1. The number of aryl methyl sites for hydroxylation is 1. The van der Waals surface area contributed by atoms with Gasteiger partial charge in [-0.25, -0.2) is 9.18 Å². The Morgan fingerprint density at radius 2 is 1.87 bits per heavy atom.